The second-order valence-corrected chi connectivity index (χ2v) is 4.31. The maximum Gasteiger partial charge on any atom is 0.337 e. The van der Waals surface area contributed by atoms with Crippen LogP contribution in [0, 0.1) is 5.92 Å². The lowest BCUT2D eigenvalue weighted by atomic mass is 10.1. The highest BCUT2D eigenvalue weighted by Crippen LogP contribution is 2.27. The number of aromatic carboxylic acids is 1. The molecule has 1 aromatic rings. The molecular formula is C12H16N2O3. The Morgan fingerprint density at radius 3 is 3.12 bits per heavy atom. The maximum absolute atomic E-state index is 11.1. The van der Waals surface area contributed by atoms with E-state index in [1.165, 1.54) is 12.3 Å². The lowest BCUT2D eigenvalue weighted by Crippen LogP contribution is -2.22. The molecule has 2 rings (SSSR count). The average Bonchev–Trinajstić information content (AvgIpc) is 2.78. The van der Waals surface area contributed by atoms with E-state index in [1.54, 1.807) is 6.20 Å². The SMILES string of the molecule is O=C(O)c1ccncc1N1CCC(CCO)C1. The summed E-state index contributed by atoms with van der Waals surface area (Å²) in [6.45, 7) is 1.82. The largest absolute Gasteiger partial charge is 0.478 e. The van der Waals surface area contributed by atoms with E-state index in [-0.39, 0.29) is 6.61 Å². The summed E-state index contributed by atoms with van der Waals surface area (Å²) in [4.78, 5) is 17.1. The molecule has 5 heteroatoms. The van der Waals surface area contributed by atoms with E-state index in [1.807, 2.05) is 4.90 Å². The van der Waals surface area contributed by atoms with Crippen molar-refractivity contribution in [3.63, 3.8) is 0 Å². The number of carbonyl (C=O) groups is 1. The number of aromatic nitrogens is 1. The van der Waals surface area contributed by atoms with Gasteiger partial charge in [0.25, 0.3) is 0 Å². The van der Waals surface area contributed by atoms with Crippen LogP contribution < -0.4 is 4.90 Å². The van der Waals surface area contributed by atoms with Gasteiger partial charge in [0.05, 0.1) is 17.4 Å². The summed E-state index contributed by atoms with van der Waals surface area (Å²) in [7, 11) is 0. The van der Waals surface area contributed by atoms with Crippen molar-refractivity contribution in [2.24, 2.45) is 5.92 Å². The molecule has 1 aromatic heterocycles. The minimum Gasteiger partial charge on any atom is -0.478 e. The number of pyridine rings is 1. The van der Waals surface area contributed by atoms with Gasteiger partial charge in [0.15, 0.2) is 0 Å². The van der Waals surface area contributed by atoms with E-state index < -0.39 is 5.97 Å². The van der Waals surface area contributed by atoms with Crippen molar-refractivity contribution in [2.75, 3.05) is 24.6 Å². The molecule has 0 aliphatic carbocycles. The normalized spacial score (nSPS) is 19.6. The molecule has 0 bridgehead atoms. The molecule has 0 radical (unpaired) electrons. The second kappa shape index (κ2) is 5.14. The van der Waals surface area contributed by atoms with Crippen molar-refractivity contribution in [3.05, 3.63) is 24.0 Å². The number of aliphatic hydroxyl groups excluding tert-OH is 1. The Morgan fingerprint density at radius 1 is 1.59 bits per heavy atom. The zero-order valence-corrected chi connectivity index (χ0v) is 9.54. The van der Waals surface area contributed by atoms with Gasteiger partial charge in [-0.15, -0.1) is 0 Å². The third-order valence-corrected chi connectivity index (χ3v) is 3.19. The first kappa shape index (κ1) is 11.9. The Balaban J connectivity index is 2.16. The topological polar surface area (TPSA) is 73.7 Å². The summed E-state index contributed by atoms with van der Waals surface area (Å²) in [6, 6.07) is 1.52. The van der Waals surface area contributed by atoms with Crippen LogP contribution in [0.25, 0.3) is 0 Å². The predicted molar refractivity (Wildman–Crippen MR) is 63.2 cm³/mol. The van der Waals surface area contributed by atoms with Gasteiger partial charge in [-0.3, -0.25) is 4.98 Å². The lowest BCUT2D eigenvalue weighted by molar-refractivity contribution is 0.0697. The van der Waals surface area contributed by atoms with Gasteiger partial charge in [-0.05, 0) is 24.8 Å². The maximum atomic E-state index is 11.1. The second-order valence-electron chi connectivity index (χ2n) is 4.31. The van der Waals surface area contributed by atoms with Crippen LogP contribution in [0.2, 0.25) is 0 Å². The molecule has 1 saturated heterocycles. The zero-order chi connectivity index (χ0) is 12.3. The van der Waals surface area contributed by atoms with E-state index in [0.29, 0.717) is 17.2 Å². The quantitative estimate of drug-likeness (QED) is 0.815. The Hall–Kier alpha value is -1.62. The Kier molecular flexibility index (Phi) is 3.58. The van der Waals surface area contributed by atoms with Crippen LogP contribution in [0.3, 0.4) is 0 Å². The van der Waals surface area contributed by atoms with Gasteiger partial charge < -0.3 is 15.1 Å². The average molecular weight is 236 g/mol. The van der Waals surface area contributed by atoms with Crippen molar-refractivity contribution in [1.29, 1.82) is 0 Å². The van der Waals surface area contributed by atoms with Crippen LogP contribution in [-0.4, -0.2) is 40.9 Å². The summed E-state index contributed by atoms with van der Waals surface area (Å²) < 4.78 is 0. The molecule has 1 aliphatic heterocycles. The summed E-state index contributed by atoms with van der Waals surface area (Å²) in [5.41, 5.74) is 0.977. The summed E-state index contributed by atoms with van der Waals surface area (Å²) in [5, 5.41) is 18.0. The minimum atomic E-state index is -0.923. The number of hydrogen-bond acceptors (Lipinski definition) is 4. The molecule has 2 heterocycles. The molecule has 5 nitrogen and oxygen atoms in total. The summed E-state index contributed by atoms with van der Waals surface area (Å²) in [5.74, 6) is -0.477. The minimum absolute atomic E-state index is 0.192. The Bertz CT molecular complexity index is 408. The number of carboxylic acids is 1. The number of nitrogens with zero attached hydrogens (tertiary/aromatic N) is 2. The molecule has 1 fully saturated rings. The third-order valence-electron chi connectivity index (χ3n) is 3.19. The first-order chi connectivity index (χ1) is 8.22. The van der Waals surface area contributed by atoms with Gasteiger partial charge in [0, 0.05) is 25.9 Å². The predicted octanol–water partition coefficient (Wildman–Crippen LogP) is 0.988. The first-order valence-corrected chi connectivity index (χ1v) is 5.75. The lowest BCUT2D eigenvalue weighted by Gasteiger charge is -2.19. The highest BCUT2D eigenvalue weighted by atomic mass is 16.4. The molecule has 0 saturated carbocycles. The van der Waals surface area contributed by atoms with E-state index in [9.17, 15) is 4.79 Å². The molecule has 0 amide bonds. The Morgan fingerprint density at radius 2 is 2.41 bits per heavy atom. The van der Waals surface area contributed by atoms with Gasteiger partial charge in [-0.1, -0.05) is 0 Å². The van der Waals surface area contributed by atoms with Gasteiger partial charge in [0.1, 0.15) is 0 Å². The number of carboxylic acid groups (broad SMARTS) is 1. The van der Waals surface area contributed by atoms with Crippen molar-refractivity contribution >= 4 is 11.7 Å². The van der Waals surface area contributed by atoms with Crippen LogP contribution in [0.1, 0.15) is 23.2 Å². The van der Waals surface area contributed by atoms with E-state index in [4.69, 9.17) is 10.2 Å². The Labute approximate surface area is 99.7 Å². The third kappa shape index (κ3) is 2.55. The molecule has 1 aliphatic rings. The number of aliphatic hydroxyl groups is 1. The monoisotopic (exact) mass is 236 g/mol. The van der Waals surface area contributed by atoms with E-state index >= 15 is 0 Å². The number of hydrogen-bond donors (Lipinski definition) is 2. The summed E-state index contributed by atoms with van der Waals surface area (Å²) >= 11 is 0. The van der Waals surface area contributed by atoms with Crippen molar-refractivity contribution in [3.8, 4) is 0 Å². The van der Waals surface area contributed by atoms with Crippen molar-refractivity contribution in [2.45, 2.75) is 12.8 Å². The molecule has 0 spiro atoms. The number of anilines is 1. The highest BCUT2D eigenvalue weighted by Gasteiger charge is 2.25. The molecule has 17 heavy (non-hydrogen) atoms. The van der Waals surface area contributed by atoms with Gasteiger partial charge in [0.2, 0.25) is 0 Å². The van der Waals surface area contributed by atoms with Crippen LogP contribution in [0.4, 0.5) is 5.69 Å². The fourth-order valence-corrected chi connectivity index (χ4v) is 2.29. The smallest absolute Gasteiger partial charge is 0.337 e. The van der Waals surface area contributed by atoms with Crippen LogP contribution in [0.5, 0.6) is 0 Å². The van der Waals surface area contributed by atoms with Crippen LogP contribution in [-0.2, 0) is 0 Å². The molecular weight excluding hydrogens is 220 g/mol. The highest BCUT2D eigenvalue weighted by molar-refractivity contribution is 5.94. The first-order valence-electron chi connectivity index (χ1n) is 5.75. The van der Waals surface area contributed by atoms with E-state index in [2.05, 4.69) is 4.98 Å². The van der Waals surface area contributed by atoms with Crippen molar-refractivity contribution < 1.29 is 15.0 Å². The zero-order valence-electron chi connectivity index (χ0n) is 9.54. The van der Waals surface area contributed by atoms with Gasteiger partial charge in [-0.2, -0.15) is 0 Å². The molecule has 92 valence electrons. The molecule has 1 unspecified atom stereocenters. The standard InChI is InChI=1S/C12H16N2O3/c15-6-3-9-2-5-14(8-9)11-7-13-4-1-10(11)12(16)17/h1,4,7,9,15H,2-3,5-6,8H2,(H,16,17). The van der Waals surface area contributed by atoms with Crippen LogP contribution >= 0.6 is 0 Å². The van der Waals surface area contributed by atoms with Crippen molar-refractivity contribution in [1.82, 2.24) is 4.98 Å². The van der Waals surface area contributed by atoms with Gasteiger partial charge in [-0.25, -0.2) is 4.79 Å². The molecule has 1 atom stereocenters. The summed E-state index contributed by atoms with van der Waals surface area (Å²) in [6.07, 6.45) is 4.87. The van der Waals surface area contributed by atoms with E-state index in [0.717, 1.165) is 25.9 Å². The molecule has 2 N–H and O–H groups in total. The molecule has 0 aromatic carbocycles. The van der Waals surface area contributed by atoms with Crippen LogP contribution in [0.15, 0.2) is 18.5 Å². The fourth-order valence-electron chi connectivity index (χ4n) is 2.29. The fraction of sp³-hybridized carbons (Fsp3) is 0.500. The van der Waals surface area contributed by atoms with Gasteiger partial charge >= 0.3 is 5.97 Å². The number of rotatable bonds is 4.